The third kappa shape index (κ3) is 2.15. The van der Waals surface area contributed by atoms with Gasteiger partial charge in [0.15, 0.2) is 0 Å². The molecule has 2 aromatic carbocycles. The van der Waals surface area contributed by atoms with Gasteiger partial charge in [-0.15, -0.1) is 0 Å². The summed E-state index contributed by atoms with van der Waals surface area (Å²) < 4.78 is 1.81. The number of aromatic amines is 1. The van der Waals surface area contributed by atoms with Gasteiger partial charge in [0.25, 0.3) is 5.91 Å². The van der Waals surface area contributed by atoms with Crippen molar-refractivity contribution in [1.29, 1.82) is 0 Å². The first-order valence-electron chi connectivity index (χ1n) is 8.11. The number of nitrogens with zero attached hydrogens (tertiary/aromatic N) is 1. The Kier molecular flexibility index (Phi) is 3.47. The summed E-state index contributed by atoms with van der Waals surface area (Å²) in [6.07, 6.45) is 2.65. The molecule has 0 unspecified atom stereocenters. The highest BCUT2D eigenvalue weighted by atomic mass is 16.2. The topological polar surface area (TPSA) is 63.8 Å². The number of rotatable bonds is 3. The van der Waals surface area contributed by atoms with E-state index in [1.54, 1.807) is 0 Å². The molecule has 0 spiro atoms. The van der Waals surface area contributed by atoms with Crippen molar-refractivity contribution in [2.75, 3.05) is 6.54 Å². The average molecular weight is 317 g/mol. The van der Waals surface area contributed by atoms with Crippen LogP contribution in [0.25, 0.3) is 21.8 Å². The van der Waals surface area contributed by atoms with E-state index >= 15 is 0 Å². The molecule has 0 aliphatic carbocycles. The molecule has 120 valence electrons. The lowest BCUT2D eigenvalue weighted by Gasteiger charge is -2.08. The molecule has 4 rings (SSSR count). The van der Waals surface area contributed by atoms with Crippen LogP contribution in [0.4, 0.5) is 0 Å². The summed E-state index contributed by atoms with van der Waals surface area (Å²) in [5, 5.41) is 2.21. The lowest BCUT2D eigenvalue weighted by atomic mass is 10.1. The molecule has 4 aromatic rings. The van der Waals surface area contributed by atoms with E-state index in [2.05, 4.69) is 11.1 Å². The molecule has 0 amide bonds. The second kappa shape index (κ2) is 5.65. The number of nitrogens with two attached hydrogens (primary N) is 1. The summed E-state index contributed by atoms with van der Waals surface area (Å²) in [5.41, 5.74) is 10.5. The molecule has 0 aliphatic rings. The van der Waals surface area contributed by atoms with E-state index < -0.39 is 0 Å². The lowest BCUT2D eigenvalue weighted by molar-refractivity contribution is 0.0963. The van der Waals surface area contributed by atoms with Gasteiger partial charge in [-0.3, -0.25) is 9.36 Å². The number of benzene rings is 2. The lowest BCUT2D eigenvalue weighted by Crippen LogP contribution is -2.14. The average Bonchev–Trinajstić information content (AvgIpc) is 3.17. The van der Waals surface area contributed by atoms with Gasteiger partial charge in [0.05, 0.1) is 5.52 Å². The fourth-order valence-electron chi connectivity index (χ4n) is 3.47. The summed E-state index contributed by atoms with van der Waals surface area (Å²) in [4.78, 5) is 16.3. The van der Waals surface area contributed by atoms with Crippen molar-refractivity contribution < 1.29 is 4.79 Å². The van der Waals surface area contributed by atoms with E-state index in [1.807, 2.05) is 60.2 Å². The zero-order chi connectivity index (χ0) is 16.7. The molecule has 0 aliphatic heterocycles. The highest BCUT2D eigenvalue weighted by Crippen LogP contribution is 2.27. The summed E-state index contributed by atoms with van der Waals surface area (Å²) in [6.45, 7) is 2.56. The molecule has 0 fully saturated rings. The number of H-pyrrole nitrogens is 1. The monoisotopic (exact) mass is 317 g/mol. The largest absolute Gasteiger partial charge is 0.361 e. The van der Waals surface area contributed by atoms with Gasteiger partial charge in [0, 0.05) is 28.4 Å². The quantitative estimate of drug-likeness (QED) is 0.606. The first kappa shape index (κ1) is 14.7. The number of para-hydroxylation sites is 1. The molecule has 4 nitrogen and oxygen atoms in total. The van der Waals surface area contributed by atoms with Crippen LogP contribution in [-0.2, 0) is 6.42 Å². The Morgan fingerprint density at radius 2 is 2.00 bits per heavy atom. The number of aromatic nitrogens is 2. The van der Waals surface area contributed by atoms with E-state index in [0.29, 0.717) is 12.1 Å². The van der Waals surface area contributed by atoms with Crippen molar-refractivity contribution in [2.24, 2.45) is 5.73 Å². The van der Waals surface area contributed by atoms with Crippen molar-refractivity contribution in [3.8, 4) is 0 Å². The van der Waals surface area contributed by atoms with Gasteiger partial charge < -0.3 is 10.7 Å². The summed E-state index contributed by atoms with van der Waals surface area (Å²) in [5.74, 6) is -0.0107. The Hall–Kier alpha value is -2.85. The highest BCUT2D eigenvalue weighted by molar-refractivity contribution is 6.05. The van der Waals surface area contributed by atoms with Crippen molar-refractivity contribution in [1.82, 2.24) is 9.55 Å². The maximum atomic E-state index is 13.2. The van der Waals surface area contributed by atoms with Gasteiger partial charge >= 0.3 is 0 Å². The van der Waals surface area contributed by atoms with E-state index in [-0.39, 0.29) is 5.91 Å². The van der Waals surface area contributed by atoms with E-state index in [1.165, 1.54) is 0 Å². The Balaban J connectivity index is 1.91. The van der Waals surface area contributed by atoms with Crippen LogP contribution in [0.1, 0.15) is 21.6 Å². The zero-order valence-electron chi connectivity index (χ0n) is 13.5. The van der Waals surface area contributed by atoms with Crippen LogP contribution >= 0.6 is 0 Å². The molecule has 0 saturated heterocycles. The summed E-state index contributed by atoms with van der Waals surface area (Å²) >= 11 is 0. The minimum absolute atomic E-state index is 0.0107. The van der Waals surface area contributed by atoms with E-state index in [4.69, 9.17) is 5.73 Å². The molecular formula is C20H19N3O. The Morgan fingerprint density at radius 1 is 1.17 bits per heavy atom. The van der Waals surface area contributed by atoms with E-state index in [0.717, 1.165) is 39.5 Å². The van der Waals surface area contributed by atoms with Crippen molar-refractivity contribution >= 4 is 27.7 Å². The normalized spacial score (nSPS) is 11.4. The van der Waals surface area contributed by atoms with Gasteiger partial charge in [-0.05, 0) is 55.1 Å². The first-order chi connectivity index (χ1) is 11.7. The predicted octanol–water partition coefficient (Wildman–Crippen LogP) is 3.62. The molecule has 0 atom stereocenters. The maximum absolute atomic E-state index is 13.2. The van der Waals surface area contributed by atoms with Gasteiger partial charge in [-0.2, -0.15) is 0 Å². The van der Waals surface area contributed by atoms with Crippen LogP contribution in [-0.4, -0.2) is 22.0 Å². The molecule has 24 heavy (non-hydrogen) atoms. The number of carbonyl (C=O) groups is 1. The minimum atomic E-state index is -0.0107. The van der Waals surface area contributed by atoms with Gasteiger partial charge in [0.1, 0.15) is 0 Å². The third-order valence-electron chi connectivity index (χ3n) is 4.64. The second-order valence-electron chi connectivity index (χ2n) is 6.04. The molecule has 0 saturated carbocycles. The summed E-state index contributed by atoms with van der Waals surface area (Å²) in [6, 6.07) is 15.8. The molecule has 0 bridgehead atoms. The predicted molar refractivity (Wildman–Crippen MR) is 97.5 cm³/mol. The number of carbonyl (C=O) groups excluding carboxylic acids is 1. The smallest absolute Gasteiger partial charge is 0.262 e. The minimum Gasteiger partial charge on any atom is -0.361 e. The molecule has 0 radical (unpaired) electrons. The zero-order valence-corrected chi connectivity index (χ0v) is 13.5. The van der Waals surface area contributed by atoms with Crippen molar-refractivity contribution in [2.45, 2.75) is 13.3 Å². The van der Waals surface area contributed by atoms with Crippen molar-refractivity contribution in [3.63, 3.8) is 0 Å². The summed E-state index contributed by atoms with van der Waals surface area (Å²) in [7, 11) is 0. The molecule has 3 N–H and O–H groups in total. The fraction of sp³-hybridized carbons (Fsp3) is 0.150. The fourth-order valence-corrected chi connectivity index (χ4v) is 3.47. The number of hydrogen-bond acceptors (Lipinski definition) is 2. The van der Waals surface area contributed by atoms with Crippen molar-refractivity contribution in [3.05, 3.63) is 71.5 Å². The maximum Gasteiger partial charge on any atom is 0.262 e. The van der Waals surface area contributed by atoms with Crippen LogP contribution in [0, 0.1) is 6.92 Å². The number of nitrogens with one attached hydrogen (secondary N) is 1. The van der Waals surface area contributed by atoms with Crippen LogP contribution in [0.5, 0.6) is 0 Å². The number of fused-ring (bicyclic) bond motifs is 2. The number of hydrogen-bond donors (Lipinski definition) is 2. The van der Waals surface area contributed by atoms with Crippen LogP contribution < -0.4 is 5.73 Å². The SMILES string of the molecule is Cc1c(CCN)c2ccccc2n1C(=O)c1ccc2cc[nH]c2c1. The molecule has 2 aromatic heterocycles. The molecular weight excluding hydrogens is 298 g/mol. The Morgan fingerprint density at radius 3 is 2.83 bits per heavy atom. The van der Waals surface area contributed by atoms with Gasteiger partial charge in [-0.1, -0.05) is 24.3 Å². The van der Waals surface area contributed by atoms with Crippen LogP contribution in [0.2, 0.25) is 0 Å². The van der Waals surface area contributed by atoms with E-state index in [9.17, 15) is 4.79 Å². The Labute approximate surface area is 139 Å². The van der Waals surface area contributed by atoms with Gasteiger partial charge in [0.2, 0.25) is 0 Å². The standard InChI is InChI=1S/C20H19N3O/c1-13-16(8-10-21)17-4-2-3-5-19(17)23(13)20(24)15-7-6-14-9-11-22-18(14)12-15/h2-7,9,11-12,22H,8,10,21H2,1H3. The van der Waals surface area contributed by atoms with Gasteiger partial charge in [-0.25, -0.2) is 0 Å². The highest BCUT2D eigenvalue weighted by Gasteiger charge is 2.19. The molecule has 2 heterocycles. The molecule has 4 heteroatoms. The Bertz CT molecular complexity index is 1060. The third-order valence-corrected chi connectivity index (χ3v) is 4.64. The van der Waals surface area contributed by atoms with Crippen LogP contribution in [0.3, 0.4) is 0 Å². The first-order valence-corrected chi connectivity index (χ1v) is 8.11. The second-order valence-corrected chi connectivity index (χ2v) is 6.04. The van der Waals surface area contributed by atoms with Crippen LogP contribution in [0.15, 0.2) is 54.7 Å².